The van der Waals surface area contributed by atoms with Crippen LogP contribution in [0.1, 0.15) is 0 Å². The third-order valence-electron chi connectivity index (χ3n) is 4.70. The Hall–Kier alpha value is -2.57. The summed E-state index contributed by atoms with van der Waals surface area (Å²) >= 11 is 0. The predicted molar refractivity (Wildman–Crippen MR) is 122 cm³/mol. The molecule has 6 nitrogen and oxygen atoms in total. The van der Waals surface area contributed by atoms with Gasteiger partial charge in [-0.05, 0) is 36.4 Å². The molecule has 168 valence electrons. The summed E-state index contributed by atoms with van der Waals surface area (Å²) in [5.41, 5.74) is 0.482. The molecule has 3 rings (SSSR count). The Labute approximate surface area is 194 Å². The van der Waals surface area contributed by atoms with E-state index in [1.807, 2.05) is 4.90 Å². The average Bonchev–Trinajstić information content (AvgIpc) is 2.75. The van der Waals surface area contributed by atoms with Gasteiger partial charge in [-0.2, -0.15) is 0 Å². The molecule has 1 aliphatic heterocycles. The van der Waals surface area contributed by atoms with Gasteiger partial charge in [0.25, 0.3) is 0 Å². The van der Waals surface area contributed by atoms with Crippen LogP contribution in [0.4, 0.5) is 28.9 Å². The first-order chi connectivity index (χ1) is 14.4. The van der Waals surface area contributed by atoms with Crippen LogP contribution in [-0.4, -0.2) is 56.5 Å². The number of rotatable bonds is 4. The van der Waals surface area contributed by atoms with Gasteiger partial charge >= 0.3 is 0 Å². The van der Waals surface area contributed by atoms with Crippen molar-refractivity contribution >= 4 is 47.2 Å². The number of nitrogens with zero attached hydrogens (tertiary/aromatic N) is 3. The van der Waals surface area contributed by atoms with Crippen molar-refractivity contribution in [2.24, 2.45) is 4.99 Å². The lowest BCUT2D eigenvalue weighted by Gasteiger charge is -2.37. The fourth-order valence-corrected chi connectivity index (χ4v) is 3.14. The van der Waals surface area contributed by atoms with E-state index in [2.05, 4.69) is 20.5 Å². The fourth-order valence-electron chi connectivity index (χ4n) is 3.14. The topological polar surface area (TPSA) is 60.0 Å². The van der Waals surface area contributed by atoms with Gasteiger partial charge in [-0.25, -0.2) is 17.6 Å². The van der Waals surface area contributed by atoms with Crippen molar-refractivity contribution in [3.63, 3.8) is 0 Å². The highest BCUT2D eigenvalue weighted by molar-refractivity contribution is 14.0. The second kappa shape index (κ2) is 11.2. The number of piperazine rings is 1. The van der Waals surface area contributed by atoms with E-state index in [-0.39, 0.29) is 36.3 Å². The van der Waals surface area contributed by atoms with Gasteiger partial charge < -0.3 is 20.4 Å². The Balaban J connectivity index is 0.00000341. The van der Waals surface area contributed by atoms with Crippen LogP contribution in [0.3, 0.4) is 0 Å². The monoisotopic (exact) mass is 551 g/mol. The van der Waals surface area contributed by atoms with Crippen molar-refractivity contribution in [2.45, 2.75) is 0 Å². The van der Waals surface area contributed by atoms with E-state index in [1.165, 1.54) is 12.1 Å². The molecule has 2 aromatic carbocycles. The van der Waals surface area contributed by atoms with Gasteiger partial charge in [0.05, 0.1) is 12.2 Å². The molecule has 1 heterocycles. The number of nitrogens with one attached hydrogen (secondary N) is 2. The van der Waals surface area contributed by atoms with Crippen LogP contribution in [0.2, 0.25) is 0 Å². The molecule has 0 saturated carbocycles. The minimum Gasteiger partial charge on any atom is -0.368 e. The van der Waals surface area contributed by atoms with Gasteiger partial charge in [0.1, 0.15) is 5.82 Å². The molecule has 0 radical (unpaired) electrons. The highest BCUT2D eigenvalue weighted by Crippen LogP contribution is 2.19. The molecule has 2 N–H and O–H groups in total. The molecule has 11 heteroatoms. The van der Waals surface area contributed by atoms with Crippen LogP contribution in [-0.2, 0) is 4.79 Å². The van der Waals surface area contributed by atoms with Crippen LogP contribution in [0.5, 0.6) is 0 Å². The summed E-state index contributed by atoms with van der Waals surface area (Å²) in [5, 5.41) is 5.07. The number of halogens is 5. The van der Waals surface area contributed by atoms with Gasteiger partial charge in [0.2, 0.25) is 5.91 Å². The van der Waals surface area contributed by atoms with Crippen molar-refractivity contribution in [1.29, 1.82) is 0 Å². The van der Waals surface area contributed by atoms with E-state index in [0.717, 1.165) is 17.8 Å². The highest BCUT2D eigenvalue weighted by atomic mass is 127. The molecule has 0 spiro atoms. The second-order valence-electron chi connectivity index (χ2n) is 6.62. The molecule has 0 bridgehead atoms. The third-order valence-corrected chi connectivity index (χ3v) is 4.70. The normalized spacial score (nSPS) is 14.2. The predicted octanol–water partition coefficient (Wildman–Crippen LogP) is 3.20. The van der Waals surface area contributed by atoms with Crippen molar-refractivity contribution in [3.8, 4) is 0 Å². The Morgan fingerprint density at radius 2 is 1.61 bits per heavy atom. The molecule has 1 fully saturated rings. The lowest BCUT2D eigenvalue weighted by atomic mass is 10.2. The number of guanidine groups is 1. The summed E-state index contributed by atoms with van der Waals surface area (Å²) in [5.74, 6) is -4.87. The maximum Gasteiger partial charge on any atom is 0.243 e. The molecule has 0 aromatic heterocycles. The minimum atomic E-state index is -1.64. The van der Waals surface area contributed by atoms with Gasteiger partial charge in [0.15, 0.2) is 23.4 Å². The van der Waals surface area contributed by atoms with Gasteiger partial charge in [-0.1, -0.05) is 0 Å². The van der Waals surface area contributed by atoms with E-state index in [1.54, 1.807) is 19.2 Å². The summed E-state index contributed by atoms with van der Waals surface area (Å²) in [4.78, 5) is 20.3. The number of amides is 1. The maximum atomic E-state index is 13.7. The molecular weight excluding hydrogens is 529 g/mol. The smallest absolute Gasteiger partial charge is 0.243 e. The Morgan fingerprint density at radius 3 is 2.23 bits per heavy atom. The van der Waals surface area contributed by atoms with Crippen LogP contribution in [0.25, 0.3) is 0 Å². The molecule has 1 amide bonds. The largest absolute Gasteiger partial charge is 0.368 e. The molecule has 2 aromatic rings. The van der Waals surface area contributed by atoms with Crippen LogP contribution < -0.4 is 15.5 Å². The lowest BCUT2D eigenvalue weighted by Crippen LogP contribution is -2.53. The van der Waals surface area contributed by atoms with Gasteiger partial charge in [0, 0.05) is 38.9 Å². The standard InChI is InChI=1S/C20H21F4N5O.HI/c1-25-20(26-12-17(30)27-16-7-6-15(22)18(23)19(16)24)29-10-8-28(9-11-29)14-4-2-13(21)3-5-14;/h2-7H,8-12H2,1H3,(H,25,26)(H,27,30);1H. The summed E-state index contributed by atoms with van der Waals surface area (Å²) < 4.78 is 53.0. The van der Waals surface area contributed by atoms with Gasteiger partial charge in [-0.3, -0.25) is 9.79 Å². The Kier molecular flexibility index (Phi) is 8.89. The summed E-state index contributed by atoms with van der Waals surface area (Å²) in [6.07, 6.45) is 0. The van der Waals surface area contributed by atoms with Crippen LogP contribution in [0, 0.1) is 23.3 Å². The molecule has 31 heavy (non-hydrogen) atoms. The first-order valence-corrected chi connectivity index (χ1v) is 9.28. The van der Waals surface area contributed by atoms with E-state index in [4.69, 9.17) is 0 Å². The zero-order valence-electron chi connectivity index (χ0n) is 16.7. The highest BCUT2D eigenvalue weighted by Gasteiger charge is 2.21. The number of aliphatic imine (C=N–C) groups is 1. The average molecular weight is 551 g/mol. The lowest BCUT2D eigenvalue weighted by molar-refractivity contribution is -0.115. The number of anilines is 2. The number of carbonyl (C=O) groups excluding carboxylic acids is 1. The second-order valence-corrected chi connectivity index (χ2v) is 6.62. The number of hydrogen-bond donors (Lipinski definition) is 2. The Bertz CT molecular complexity index is 934. The summed E-state index contributed by atoms with van der Waals surface area (Å²) in [6, 6.07) is 7.96. The minimum absolute atomic E-state index is 0. The molecule has 1 aliphatic rings. The quantitative estimate of drug-likeness (QED) is 0.202. The zero-order valence-corrected chi connectivity index (χ0v) is 19.0. The molecule has 0 unspecified atom stereocenters. The van der Waals surface area contributed by atoms with E-state index < -0.39 is 29.0 Å². The van der Waals surface area contributed by atoms with Gasteiger partial charge in [-0.15, -0.1) is 24.0 Å². The molecular formula is C20H22F4IN5O. The zero-order chi connectivity index (χ0) is 21.7. The fraction of sp³-hybridized carbons (Fsp3) is 0.300. The first kappa shape index (κ1) is 24.7. The molecule has 0 atom stereocenters. The van der Waals surface area contributed by atoms with Crippen molar-refractivity contribution in [1.82, 2.24) is 10.2 Å². The first-order valence-electron chi connectivity index (χ1n) is 9.28. The summed E-state index contributed by atoms with van der Waals surface area (Å²) in [6.45, 7) is 2.37. The number of hydrogen-bond acceptors (Lipinski definition) is 3. The third kappa shape index (κ3) is 6.21. The van der Waals surface area contributed by atoms with Crippen molar-refractivity contribution in [3.05, 3.63) is 59.7 Å². The van der Waals surface area contributed by atoms with Crippen molar-refractivity contribution in [2.75, 3.05) is 50.0 Å². The van der Waals surface area contributed by atoms with Crippen LogP contribution in [0.15, 0.2) is 41.4 Å². The van der Waals surface area contributed by atoms with E-state index in [9.17, 15) is 22.4 Å². The Morgan fingerprint density at radius 1 is 0.968 bits per heavy atom. The SMILES string of the molecule is CN=C(NCC(=O)Nc1ccc(F)c(F)c1F)N1CCN(c2ccc(F)cc2)CC1.I. The molecule has 0 aliphatic carbocycles. The van der Waals surface area contributed by atoms with Crippen LogP contribution >= 0.6 is 24.0 Å². The van der Waals surface area contributed by atoms with E-state index in [0.29, 0.717) is 32.1 Å². The maximum absolute atomic E-state index is 13.7. The number of benzene rings is 2. The molecule has 1 saturated heterocycles. The van der Waals surface area contributed by atoms with Crippen molar-refractivity contribution < 1.29 is 22.4 Å². The van der Waals surface area contributed by atoms with E-state index >= 15 is 0 Å². The summed E-state index contributed by atoms with van der Waals surface area (Å²) in [7, 11) is 1.57. The number of carbonyl (C=O) groups is 1.